The minimum Gasteiger partial charge on any atom is -0.447 e. The molecule has 4 heteroatoms. The average Bonchev–Trinajstić information content (AvgIpc) is 2.26. The van der Waals surface area contributed by atoms with E-state index < -0.39 is 18.0 Å². The first-order chi connectivity index (χ1) is 7.15. The molecule has 1 rings (SSSR count). The lowest BCUT2D eigenvalue weighted by atomic mass is 10.1. The van der Waals surface area contributed by atoms with Crippen molar-refractivity contribution in [2.45, 2.75) is 19.4 Å². The van der Waals surface area contributed by atoms with E-state index in [4.69, 9.17) is 10.5 Å². The van der Waals surface area contributed by atoms with E-state index >= 15 is 0 Å². The number of carbonyl (C=O) groups excluding carboxylic acids is 2. The highest BCUT2D eigenvalue weighted by Crippen LogP contribution is 2.17. The molecule has 1 atom stereocenters. The molecule has 4 nitrogen and oxygen atoms in total. The summed E-state index contributed by atoms with van der Waals surface area (Å²) in [6.07, 6.45) is -0.768. The molecular formula is C11H13NO3. The standard InChI is InChI=1S/C11H13NO3/c1-2-9(13)15-10(11(12)14)8-6-4-3-5-7-8/h3-7,10H,2H2,1H3,(H2,12,14). The van der Waals surface area contributed by atoms with Gasteiger partial charge in [-0.2, -0.15) is 0 Å². The second-order valence-electron chi connectivity index (χ2n) is 3.04. The van der Waals surface area contributed by atoms with E-state index in [0.717, 1.165) is 0 Å². The van der Waals surface area contributed by atoms with E-state index in [1.165, 1.54) is 0 Å². The van der Waals surface area contributed by atoms with Crippen LogP contribution < -0.4 is 5.73 Å². The number of amides is 1. The molecule has 0 aliphatic rings. The van der Waals surface area contributed by atoms with Crippen molar-refractivity contribution in [3.63, 3.8) is 0 Å². The predicted molar refractivity (Wildman–Crippen MR) is 54.8 cm³/mol. The fraction of sp³-hybridized carbons (Fsp3) is 0.273. The Bertz CT molecular complexity index is 348. The number of nitrogens with two attached hydrogens (primary N) is 1. The van der Waals surface area contributed by atoms with Gasteiger partial charge < -0.3 is 10.5 Å². The molecule has 0 saturated carbocycles. The van der Waals surface area contributed by atoms with Crippen LogP contribution in [0.3, 0.4) is 0 Å². The summed E-state index contributed by atoms with van der Waals surface area (Å²) in [6, 6.07) is 8.70. The fourth-order valence-corrected chi connectivity index (χ4v) is 1.13. The van der Waals surface area contributed by atoms with Crippen molar-refractivity contribution in [3.05, 3.63) is 35.9 Å². The molecule has 0 bridgehead atoms. The molecule has 1 unspecified atom stereocenters. The number of ether oxygens (including phenoxy) is 1. The topological polar surface area (TPSA) is 69.4 Å². The zero-order chi connectivity index (χ0) is 11.3. The molecule has 0 saturated heterocycles. The van der Waals surface area contributed by atoms with Gasteiger partial charge in [0.2, 0.25) is 6.10 Å². The van der Waals surface area contributed by atoms with Crippen LogP contribution in [0.15, 0.2) is 30.3 Å². The normalized spacial score (nSPS) is 11.8. The first-order valence-electron chi connectivity index (χ1n) is 4.69. The zero-order valence-corrected chi connectivity index (χ0v) is 8.47. The van der Waals surface area contributed by atoms with Gasteiger partial charge >= 0.3 is 5.97 Å². The summed E-state index contributed by atoms with van der Waals surface area (Å²) in [6.45, 7) is 1.66. The minimum atomic E-state index is -0.987. The van der Waals surface area contributed by atoms with Gasteiger partial charge in [0.25, 0.3) is 5.91 Å². The Morgan fingerprint density at radius 3 is 2.40 bits per heavy atom. The van der Waals surface area contributed by atoms with Crippen LogP contribution in [0.4, 0.5) is 0 Å². The van der Waals surface area contributed by atoms with Gasteiger partial charge in [-0.3, -0.25) is 9.59 Å². The van der Waals surface area contributed by atoms with Crippen molar-refractivity contribution in [1.82, 2.24) is 0 Å². The summed E-state index contributed by atoms with van der Waals surface area (Å²) in [5, 5.41) is 0. The Balaban J connectivity index is 2.84. The summed E-state index contributed by atoms with van der Waals surface area (Å²) in [4.78, 5) is 22.2. The summed E-state index contributed by atoms with van der Waals surface area (Å²) in [7, 11) is 0. The van der Waals surface area contributed by atoms with Crippen molar-refractivity contribution in [1.29, 1.82) is 0 Å². The third kappa shape index (κ3) is 3.09. The molecule has 0 spiro atoms. The van der Waals surface area contributed by atoms with Crippen LogP contribution in [0.2, 0.25) is 0 Å². The van der Waals surface area contributed by atoms with Crippen LogP contribution in [0.1, 0.15) is 25.0 Å². The lowest BCUT2D eigenvalue weighted by Crippen LogP contribution is -2.25. The Kier molecular flexibility index (Phi) is 3.85. The smallest absolute Gasteiger partial charge is 0.306 e. The molecule has 0 radical (unpaired) electrons. The van der Waals surface area contributed by atoms with Gasteiger partial charge in [-0.05, 0) is 0 Å². The maximum Gasteiger partial charge on any atom is 0.306 e. The van der Waals surface area contributed by atoms with Crippen molar-refractivity contribution < 1.29 is 14.3 Å². The van der Waals surface area contributed by atoms with E-state index in [1.54, 1.807) is 31.2 Å². The average molecular weight is 207 g/mol. The fourth-order valence-electron chi connectivity index (χ4n) is 1.13. The van der Waals surface area contributed by atoms with Gasteiger partial charge in [-0.25, -0.2) is 0 Å². The summed E-state index contributed by atoms with van der Waals surface area (Å²) in [5.41, 5.74) is 5.75. The summed E-state index contributed by atoms with van der Waals surface area (Å²) < 4.78 is 4.93. The van der Waals surface area contributed by atoms with Crippen LogP contribution >= 0.6 is 0 Å². The molecule has 0 fully saturated rings. The predicted octanol–water partition coefficient (Wildman–Crippen LogP) is 1.17. The van der Waals surface area contributed by atoms with Gasteiger partial charge in [0.15, 0.2) is 0 Å². The Morgan fingerprint density at radius 2 is 1.93 bits per heavy atom. The summed E-state index contributed by atoms with van der Waals surface area (Å²) >= 11 is 0. The molecule has 1 amide bonds. The van der Waals surface area contributed by atoms with Crippen molar-refractivity contribution in [3.8, 4) is 0 Å². The van der Waals surface area contributed by atoms with Gasteiger partial charge in [-0.1, -0.05) is 37.3 Å². The van der Waals surface area contributed by atoms with E-state index in [2.05, 4.69) is 0 Å². The van der Waals surface area contributed by atoms with E-state index in [-0.39, 0.29) is 6.42 Å². The number of rotatable bonds is 4. The molecule has 1 aromatic carbocycles. The summed E-state index contributed by atoms with van der Waals surface area (Å²) in [5.74, 6) is -1.11. The van der Waals surface area contributed by atoms with Crippen LogP contribution in [0, 0.1) is 0 Å². The van der Waals surface area contributed by atoms with Crippen molar-refractivity contribution in [2.24, 2.45) is 5.73 Å². The van der Waals surface area contributed by atoms with Gasteiger partial charge in [0.1, 0.15) is 0 Å². The van der Waals surface area contributed by atoms with Gasteiger partial charge in [-0.15, -0.1) is 0 Å². The quantitative estimate of drug-likeness (QED) is 0.753. The molecule has 0 aromatic heterocycles. The SMILES string of the molecule is CCC(=O)OC(C(N)=O)c1ccccc1. The zero-order valence-electron chi connectivity index (χ0n) is 8.47. The number of hydrogen-bond acceptors (Lipinski definition) is 3. The first-order valence-corrected chi connectivity index (χ1v) is 4.69. The molecule has 80 valence electrons. The first kappa shape index (κ1) is 11.2. The van der Waals surface area contributed by atoms with Crippen molar-refractivity contribution >= 4 is 11.9 Å². The third-order valence-corrected chi connectivity index (χ3v) is 1.90. The highest BCUT2D eigenvalue weighted by molar-refractivity contribution is 5.83. The largest absolute Gasteiger partial charge is 0.447 e. The number of carbonyl (C=O) groups is 2. The lowest BCUT2D eigenvalue weighted by molar-refractivity contribution is -0.155. The Labute approximate surface area is 88.0 Å². The van der Waals surface area contributed by atoms with Gasteiger partial charge in [0, 0.05) is 12.0 Å². The number of hydrogen-bond donors (Lipinski definition) is 1. The van der Waals surface area contributed by atoms with Crippen molar-refractivity contribution in [2.75, 3.05) is 0 Å². The number of esters is 1. The van der Waals surface area contributed by atoms with Crippen LogP contribution in [0.25, 0.3) is 0 Å². The van der Waals surface area contributed by atoms with Crippen LogP contribution in [0.5, 0.6) is 0 Å². The van der Waals surface area contributed by atoms with Crippen LogP contribution in [-0.4, -0.2) is 11.9 Å². The number of benzene rings is 1. The monoisotopic (exact) mass is 207 g/mol. The molecule has 0 aliphatic carbocycles. The van der Waals surface area contributed by atoms with E-state index in [0.29, 0.717) is 5.56 Å². The van der Waals surface area contributed by atoms with Gasteiger partial charge in [0.05, 0.1) is 0 Å². The minimum absolute atomic E-state index is 0.219. The molecule has 2 N–H and O–H groups in total. The molecule has 0 aliphatic heterocycles. The maximum absolute atomic E-state index is 11.1. The number of primary amides is 1. The van der Waals surface area contributed by atoms with E-state index in [1.807, 2.05) is 6.07 Å². The van der Waals surface area contributed by atoms with E-state index in [9.17, 15) is 9.59 Å². The second kappa shape index (κ2) is 5.14. The second-order valence-corrected chi connectivity index (χ2v) is 3.04. The maximum atomic E-state index is 11.1. The van der Waals surface area contributed by atoms with Crippen LogP contribution in [-0.2, 0) is 14.3 Å². The highest BCUT2D eigenvalue weighted by Gasteiger charge is 2.21. The lowest BCUT2D eigenvalue weighted by Gasteiger charge is -2.14. The molecule has 15 heavy (non-hydrogen) atoms. The molecular weight excluding hydrogens is 194 g/mol. The third-order valence-electron chi connectivity index (χ3n) is 1.90. The molecule has 1 aromatic rings. The Morgan fingerprint density at radius 1 is 1.33 bits per heavy atom. The Hall–Kier alpha value is -1.84. The highest BCUT2D eigenvalue weighted by atomic mass is 16.5. The molecule has 0 heterocycles.